The molecule has 0 amide bonds. The summed E-state index contributed by atoms with van der Waals surface area (Å²) in [4.78, 5) is 0.439. The molecule has 0 radical (unpaired) electrons. The van der Waals surface area contributed by atoms with E-state index in [0.29, 0.717) is 29.9 Å². The number of nitrogens with one attached hydrogen (secondary N) is 1. The summed E-state index contributed by atoms with van der Waals surface area (Å²) < 4.78 is 26.9. The average molecular weight is 310 g/mol. The molecule has 1 aliphatic rings. The van der Waals surface area contributed by atoms with Crippen LogP contribution in [-0.2, 0) is 16.6 Å². The van der Waals surface area contributed by atoms with Crippen molar-refractivity contribution in [1.29, 1.82) is 0 Å². The maximum atomic E-state index is 12.7. The smallest absolute Gasteiger partial charge is 0.243 e. The van der Waals surface area contributed by atoms with Gasteiger partial charge in [0, 0.05) is 26.2 Å². The van der Waals surface area contributed by atoms with Gasteiger partial charge in [-0.25, -0.2) is 12.7 Å². The Morgan fingerprint density at radius 2 is 2.00 bits per heavy atom. The fourth-order valence-electron chi connectivity index (χ4n) is 2.28. The summed E-state index contributed by atoms with van der Waals surface area (Å²) in [6.45, 7) is 7.34. The first-order valence-electron chi connectivity index (χ1n) is 7.60. The summed E-state index contributed by atoms with van der Waals surface area (Å²) in [5, 5.41) is 3.32. The highest BCUT2D eigenvalue weighted by atomic mass is 32.2. The Labute approximate surface area is 128 Å². The number of sulfonamides is 1. The molecular weight excluding hydrogens is 284 g/mol. The Bertz CT molecular complexity index is 592. The van der Waals surface area contributed by atoms with Gasteiger partial charge in [0.1, 0.15) is 0 Å². The zero-order chi connectivity index (χ0) is 15.6. The Balaban J connectivity index is 2.21. The molecule has 118 valence electrons. The van der Waals surface area contributed by atoms with E-state index in [1.54, 1.807) is 7.05 Å². The Kier molecular flexibility index (Phi) is 5.07. The Morgan fingerprint density at radius 1 is 1.33 bits per heavy atom. The van der Waals surface area contributed by atoms with Gasteiger partial charge >= 0.3 is 0 Å². The molecule has 1 aliphatic carbocycles. The molecule has 5 heteroatoms. The summed E-state index contributed by atoms with van der Waals surface area (Å²) in [6, 6.07) is 6.08. The molecule has 0 saturated heterocycles. The quantitative estimate of drug-likeness (QED) is 0.842. The molecule has 0 spiro atoms. The predicted octanol–water partition coefficient (Wildman–Crippen LogP) is 2.52. The lowest BCUT2D eigenvalue weighted by Crippen LogP contribution is -2.29. The van der Waals surface area contributed by atoms with E-state index in [1.165, 1.54) is 4.31 Å². The second-order valence-corrected chi connectivity index (χ2v) is 8.38. The maximum Gasteiger partial charge on any atom is 0.243 e. The van der Waals surface area contributed by atoms with Crippen LogP contribution in [0.3, 0.4) is 0 Å². The van der Waals surface area contributed by atoms with E-state index in [1.807, 2.05) is 25.1 Å². The van der Waals surface area contributed by atoms with Crippen LogP contribution < -0.4 is 5.32 Å². The molecule has 4 nitrogen and oxygen atoms in total. The number of nitrogens with zero attached hydrogens (tertiary/aromatic N) is 1. The third kappa shape index (κ3) is 4.28. The van der Waals surface area contributed by atoms with E-state index in [9.17, 15) is 8.42 Å². The minimum absolute atomic E-state index is 0.379. The van der Waals surface area contributed by atoms with Crippen LogP contribution in [0.4, 0.5) is 0 Å². The maximum absolute atomic E-state index is 12.7. The van der Waals surface area contributed by atoms with Gasteiger partial charge in [-0.3, -0.25) is 0 Å². The molecule has 0 bridgehead atoms. The van der Waals surface area contributed by atoms with Crippen LogP contribution in [0.1, 0.15) is 37.8 Å². The van der Waals surface area contributed by atoms with Crippen LogP contribution in [0.5, 0.6) is 0 Å². The third-order valence-electron chi connectivity index (χ3n) is 3.87. The highest BCUT2D eigenvalue weighted by Gasteiger charge is 2.30. The molecule has 2 rings (SSSR count). The first-order valence-corrected chi connectivity index (χ1v) is 9.04. The molecule has 1 saturated carbocycles. The first-order chi connectivity index (χ1) is 9.80. The lowest BCUT2D eigenvalue weighted by Gasteiger charge is -2.19. The highest BCUT2D eigenvalue weighted by molar-refractivity contribution is 7.89. The number of rotatable bonds is 7. The van der Waals surface area contributed by atoms with Gasteiger partial charge in [0.15, 0.2) is 0 Å². The minimum Gasteiger partial charge on any atom is -0.310 e. The largest absolute Gasteiger partial charge is 0.310 e. The fourth-order valence-corrected chi connectivity index (χ4v) is 3.80. The van der Waals surface area contributed by atoms with Crippen molar-refractivity contribution in [2.75, 3.05) is 13.6 Å². The van der Waals surface area contributed by atoms with Gasteiger partial charge in [0.25, 0.3) is 0 Å². The lowest BCUT2D eigenvalue weighted by molar-refractivity contribution is 0.452. The zero-order valence-corrected chi connectivity index (χ0v) is 14.2. The van der Waals surface area contributed by atoms with E-state index < -0.39 is 10.0 Å². The van der Waals surface area contributed by atoms with Crippen molar-refractivity contribution in [1.82, 2.24) is 9.62 Å². The van der Waals surface area contributed by atoms with Gasteiger partial charge in [0.2, 0.25) is 10.0 Å². The third-order valence-corrected chi connectivity index (χ3v) is 5.83. The molecule has 1 N–H and O–H groups in total. The molecule has 0 unspecified atom stereocenters. The van der Waals surface area contributed by atoms with Gasteiger partial charge in [-0.1, -0.05) is 26.0 Å². The van der Waals surface area contributed by atoms with Crippen LogP contribution in [0.15, 0.2) is 23.1 Å². The van der Waals surface area contributed by atoms with Gasteiger partial charge in [-0.15, -0.1) is 0 Å². The summed E-state index contributed by atoms with van der Waals surface area (Å²) in [5.74, 6) is 0.552. The average Bonchev–Trinajstić information content (AvgIpc) is 3.21. The topological polar surface area (TPSA) is 49.4 Å². The molecule has 0 atom stereocenters. The monoisotopic (exact) mass is 310 g/mol. The number of hydrogen-bond acceptors (Lipinski definition) is 3. The van der Waals surface area contributed by atoms with Crippen molar-refractivity contribution in [3.05, 3.63) is 29.3 Å². The van der Waals surface area contributed by atoms with Crippen LogP contribution in [0, 0.1) is 12.8 Å². The molecule has 0 aromatic heterocycles. The van der Waals surface area contributed by atoms with E-state index in [4.69, 9.17) is 0 Å². The Hall–Kier alpha value is -0.910. The van der Waals surface area contributed by atoms with Crippen molar-refractivity contribution >= 4 is 10.0 Å². The molecule has 1 aromatic carbocycles. The van der Waals surface area contributed by atoms with Crippen LogP contribution >= 0.6 is 0 Å². The summed E-state index contributed by atoms with van der Waals surface area (Å²) in [5.41, 5.74) is 1.82. The zero-order valence-electron chi connectivity index (χ0n) is 13.4. The van der Waals surface area contributed by atoms with Gasteiger partial charge < -0.3 is 5.32 Å². The first kappa shape index (κ1) is 16.5. The van der Waals surface area contributed by atoms with Crippen molar-refractivity contribution < 1.29 is 8.42 Å². The van der Waals surface area contributed by atoms with Crippen LogP contribution in [-0.4, -0.2) is 32.4 Å². The van der Waals surface area contributed by atoms with E-state index in [2.05, 4.69) is 19.2 Å². The number of hydrogen-bond donors (Lipinski definition) is 1. The standard InChI is InChI=1S/C16H26N2O2S/c1-12(2)17-10-15-6-5-13(3)16(9-15)21(19,20)18(4)11-14-7-8-14/h5-6,9,12,14,17H,7-8,10-11H2,1-4H3. The minimum atomic E-state index is -3.38. The van der Waals surface area contributed by atoms with Crippen molar-refractivity contribution in [2.24, 2.45) is 5.92 Å². The van der Waals surface area contributed by atoms with Crippen molar-refractivity contribution in [2.45, 2.75) is 51.1 Å². The molecule has 21 heavy (non-hydrogen) atoms. The fraction of sp³-hybridized carbons (Fsp3) is 0.625. The molecule has 1 aromatic rings. The van der Waals surface area contributed by atoms with Gasteiger partial charge in [-0.2, -0.15) is 0 Å². The van der Waals surface area contributed by atoms with Crippen molar-refractivity contribution in [3.63, 3.8) is 0 Å². The van der Waals surface area contributed by atoms with E-state index >= 15 is 0 Å². The Morgan fingerprint density at radius 3 is 2.57 bits per heavy atom. The summed E-state index contributed by atoms with van der Waals surface area (Å²) in [7, 11) is -1.69. The second-order valence-electron chi connectivity index (χ2n) is 6.36. The molecular formula is C16H26N2O2S. The molecule has 0 aliphatic heterocycles. The SMILES string of the molecule is Cc1ccc(CNC(C)C)cc1S(=O)(=O)N(C)CC1CC1. The van der Waals surface area contributed by atoms with Crippen molar-refractivity contribution in [3.8, 4) is 0 Å². The van der Waals surface area contributed by atoms with Crippen LogP contribution in [0.25, 0.3) is 0 Å². The normalized spacial score (nSPS) is 15.9. The van der Waals surface area contributed by atoms with Gasteiger partial charge in [0.05, 0.1) is 4.90 Å². The predicted molar refractivity (Wildman–Crippen MR) is 85.7 cm³/mol. The van der Waals surface area contributed by atoms with E-state index in [-0.39, 0.29) is 0 Å². The molecule has 1 fully saturated rings. The second kappa shape index (κ2) is 6.46. The summed E-state index contributed by atoms with van der Waals surface area (Å²) >= 11 is 0. The summed E-state index contributed by atoms with van der Waals surface area (Å²) in [6.07, 6.45) is 2.30. The lowest BCUT2D eigenvalue weighted by atomic mass is 10.1. The van der Waals surface area contributed by atoms with Gasteiger partial charge in [-0.05, 0) is 42.9 Å². The number of aryl methyl sites for hydroxylation is 1. The van der Waals surface area contributed by atoms with E-state index in [0.717, 1.165) is 24.0 Å². The highest BCUT2D eigenvalue weighted by Crippen LogP contribution is 2.31. The molecule has 0 heterocycles. The van der Waals surface area contributed by atoms with Crippen LogP contribution in [0.2, 0.25) is 0 Å². The number of benzene rings is 1.